The van der Waals surface area contributed by atoms with Gasteiger partial charge in [-0.25, -0.2) is 0 Å². The van der Waals surface area contributed by atoms with Crippen molar-refractivity contribution in [3.05, 3.63) is 57.5 Å². The van der Waals surface area contributed by atoms with Crippen LogP contribution >= 0.6 is 0 Å². The average Bonchev–Trinajstić information content (AvgIpc) is 2.37. The van der Waals surface area contributed by atoms with Crippen molar-refractivity contribution < 1.29 is 9.21 Å². The molecule has 0 aliphatic carbocycles. The van der Waals surface area contributed by atoms with Crippen molar-refractivity contribution in [3.63, 3.8) is 0 Å². The normalized spacial score (nSPS) is 10.3. The lowest BCUT2D eigenvalue weighted by atomic mass is 10.1. The highest BCUT2D eigenvalue weighted by Gasteiger charge is 2.06. The van der Waals surface area contributed by atoms with E-state index in [9.17, 15) is 9.59 Å². The first-order valence-electron chi connectivity index (χ1n) is 5.75. The molecule has 3 nitrogen and oxygen atoms in total. The van der Waals surface area contributed by atoms with E-state index in [0.29, 0.717) is 17.3 Å². The molecule has 2 aromatic rings. The molecule has 0 amide bonds. The number of carbonyl (C=O) groups excluding carboxylic acids is 1. The highest BCUT2D eigenvalue weighted by molar-refractivity contribution is 5.84. The van der Waals surface area contributed by atoms with Crippen molar-refractivity contribution in [2.45, 2.75) is 20.3 Å². The maximum absolute atomic E-state index is 11.9. The monoisotopic (exact) mass is 242 g/mol. The zero-order valence-electron chi connectivity index (χ0n) is 10.4. The van der Waals surface area contributed by atoms with Crippen LogP contribution < -0.4 is 5.43 Å². The Bertz CT molecular complexity index is 674. The number of carbonyl (C=O) groups is 1. The summed E-state index contributed by atoms with van der Waals surface area (Å²) >= 11 is 0. The third kappa shape index (κ3) is 2.40. The lowest BCUT2D eigenvalue weighted by Crippen LogP contribution is -2.07. The molecular weight excluding hydrogens is 228 g/mol. The molecule has 0 radical (unpaired) electrons. The number of fused-ring (bicyclic) bond motifs is 1. The smallest absolute Gasteiger partial charge is 0.203 e. The Morgan fingerprint density at radius 1 is 1.33 bits per heavy atom. The second-order valence-electron chi connectivity index (χ2n) is 4.45. The Morgan fingerprint density at radius 3 is 2.78 bits per heavy atom. The first-order valence-corrected chi connectivity index (χ1v) is 5.75. The molecule has 0 aliphatic heterocycles. The fourth-order valence-corrected chi connectivity index (χ4v) is 1.72. The quantitative estimate of drug-likeness (QED) is 0.613. The van der Waals surface area contributed by atoms with Crippen molar-refractivity contribution in [3.8, 4) is 0 Å². The zero-order chi connectivity index (χ0) is 13.1. The van der Waals surface area contributed by atoms with E-state index in [1.54, 1.807) is 12.1 Å². The topological polar surface area (TPSA) is 47.3 Å². The summed E-state index contributed by atoms with van der Waals surface area (Å²) in [6.07, 6.45) is 4.58. The Hall–Kier alpha value is -2.16. The molecule has 1 heterocycles. The van der Waals surface area contributed by atoms with Crippen LogP contribution in [-0.2, 0) is 6.42 Å². The maximum atomic E-state index is 11.9. The van der Waals surface area contributed by atoms with Gasteiger partial charge in [0, 0.05) is 0 Å². The summed E-state index contributed by atoms with van der Waals surface area (Å²) in [6.45, 7) is 4.06. The molecule has 2 rings (SSSR count). The van der Waals surface area contributed by atoms with E-state index >= 15 is 0 Å². The summed E-state index contributed by atoms with van der Waals surface area (Å²) < 4.78 is 5.25. The van der Waals surface area contributed by atoms with Crippen LogP contribution in [0.1, 0.15) is 29.8 Å². The number of rotatable bonds is 3. The van der Waals surface area contributed by atoms with Crippen LogP contribution in [0.4, 0.5) is 0 Å². The van der Waals surface area contributed by atoms with Gasteiger partial charge in [0.2, 0.25) is 5.43 Å². The molecule has 0 saturated carbocycles. The Balaban J connectivity index is 2.55. The molecule has 92 valence electrons. The van der Waals surface area contributed by atoms with Crippen molar-refractivity contribution in [1.29, 1.82) is 0 Å². The minimum Gasteiger partial charge on any atom is -0.463 e. The Morgan fingerprint density at radius 2 is 2.11 bits per heavy atom. The third-order valence-electron chi connectivity index (χ3n) is 2.74. The molecule has 0 bridgehead atoms. The standard InChI is InChI=1S/C15H14O3/c1-10(2)3-4-11-5-6-14-13(7-11)15(17)12(8-16)9-18-14/h3,5-9H,4H2,1-2H3. The summed E-state index contributed by atoms with van der Waals surface area (Å²) in [4.78, 5) is 22.6. The molecule has 18 heavy (non-hydrogen) atoms. The van der Waals surface area contributed by atoms with Gasteiger partial charge in [-0.15, -0.1) is 0 Å². The van der Waals surface area contributed by atoms with Crippen molar-refractivity contribution in [2.75, 3.05) is 0 Å². The highest BCUT2D eigenvalue weighted by atomic mass is 16.3. The first kappa shape index (κ1) is 12.3. The highest BCUT2D eigenvalue weighted by Crippen LogP contribution is 2.14. The molecule has 1 aromatic heterocycles. The lowest BCUT2D eigenvalue weighted by molar-refractivity contribution is 0.112. The predicted molar refractivity (Wildman–Crippen MR) is 71.0 cm³/mol. The van der Waals surface area contributed by atoms with E-state index in [2.05, 4.69) is 6.08 Å². The summed E-state index contributed by atoms with van der Waals surface area (Å²) in [5, 5.41) is 0.458. The summed E-state index contributed by atoms with van der Waals surface area (Å²) in [6, 6.07) is 5.47. The van der Waals surface area contributed by atoms with E-state index in [4.69, 9.17) is 4.42 Å². The van der Waals surface area contributed by atoms with Crippen LogP contribution in [0.2, 0.25) is 0 Å². The van der Waals surface area contributed by atoms with Gasteiger partial charge in [0.25, 0.3) is 0 Å². The van der Waals surface area contributed by atoms with Gasteiger partial charge < -0.3 is 4.42 Å². The number of benzene rings is 1. The van der Waals surface area contributed by atoms with E-state index < -0.39 is 0 Å². The van der Waals surface area contributed by atoms with Crippen LogP contribution in [-0.4, -0.2) is 6.29 Å². The Kier molecular flexibility index (Phi) is 3.42. The van der Waals surface area contributed by atoms with Gasteiger partial charge in [0.15, 0.2) is 6.29 Å². The van der Waals surface area contributed by atoms with Crippen LogP contribution in [0, 0.1) is 0 Å². The van der Waals surface area contributed by atoms with Crippen molar-refractivity contribution in [2.24, 2.45) is 0 Å². The van der Waals surface area contributed by atoms with Gasteiger partial charge in [0.05, 0.1) is 10.9 Å². The molecule has 0 atom stereocenters. The van der Waals surface area contributed by atoms with E-state index in [0.717, 1.165) is 12.0 Å². The number of hydrogen-bond acceptors (Lipinski definition) is 3. The molecule has 1 aromatic carbocycles. The minimum atomic E-state index is -0.273. The van der Waals surface area contributed by atoms with E-state index in [1.165, 1.54) is 11.8 Å². The fourth-order valence-electron chi connectivity index (χ4n) is 1.72. The number of allylic oxidation sites excluding steroid dienone is 2. The van der Waals surface area contributed by atoms with Gasteiger partial charge in [-0.3, -0.25) is 9.59 Å². The van der Waals surface area contributed by atoms with Crippen LogP contribution in [0.3, 0.4) is 0 Å². The second-order valence-corrected chi connectivity index (χ2v) is 4.45. The van der Waals surface area contributed by atoms with Gasteiger partial charge in [-0.1, -0.05) is 17.7 Å². The number of aldehydes is 1. The molecule has 0 N–H and O–H groups in total. The number of hydrogen-bond donors (Lipinski definition) is 0. The lowest BCUT2D eigenvalue weighted by Gasteiger charge is -2.01. The van der Waals surface area contributed by atoms with E-state index in [1.807, 2.05) is 19.9 Å². The van der Waals surface area contributed by atoms with Gasteiger partial charge in [-0.05, 0) is 38.0 Å². The van der Waals surface area contributed by atoms with E-state index in [-0.39, 0.29) is 11.0 Å². The summed E-state index contributed by atoms with van der Waals surface area (Å²) in [5.41, 5.74) is 2.54. The maximum Gasteiger partial charge on any atom is 0.203 e. The van der Waals surface area contributed by atoms with Gasteiger partial charge >= 0.3 is 0 Å². The third-order valence-corrected chi connectivity index (χ3v) is 2.74. The van der Waals surface area contributed by atoms with Crippen molar-refractivity contribution >= 4 is 17.3 Å². The second kappa shape index (κ2) is 5.00. The molecule has 0 aliphatic rings. The molecule has 3 heteroatoms. The molecule has 0 unspecified atom stereocenters. The summed E-state index contributed by atoms with van der Waals surface area (Å²) in [7, 11) is 0. The summed E-state index contributed by atoms with van der Waals surface area (Å²) in [5.74, 6) is 0. The first-order chi connectivity index (χ1) is 8.61. The minimum absolute atomic E-state index is 0.0573. The van der Waals surface area contributed by atoms with Crippen LogP contribution in [0.5, 0.6) is 0 Å². The molecule has 0 fully saturated rings. The zero-order valence-corrected chi connectivity index (χ0v) is 10.4. The van der Waals surface area contributed by atoms with Gasteiger partial charge in [0.1, 0.15) is 11.8 Å². The predicted octanol–water partition coefficient (Wildman–Crippen LogP) is 3.11. The van der Waals surface area contributed by atoms with Crippen molar-refractivity contribution in [1.82, 2.24) is 0 Å². The largest absolute Gasteiger partial charge is 0.463 e. The van der Waals surface area contributed by atoms with Crippen LogP contribution in [0.25, 0.3) is 11.0 Å². The SMILES string of the molecule is CC(C)=CCc1ccc2occ(C=O)c(=O)c2c1. The fraction of sp³-hybridized carbons (Fsp3) is 0.200. The molecular formula is C15H14O3. The molecule has 0 saturated heterocycles. The van der Waals surface area contributed by atoms with Crippen LogP contribution in [0.15, 0.2) is 45.3 Å². The Labute approximate surface area is 105 Å². The molecule has 0 spiro atoms. The van der Waals surface area contributed by atoms with Gasteiger partial charge in [-0.2, -0.15) is 0 Å². The average molecular weight is 242 g/mol.